The number of aliphatic hydroxyl groups excluding tert-OH is 1. The SMILES string of the molecule is CC(C)C(N)C(=O)O[C@H]1CC2C3(CC[C@]4(C)[C@@H]([C@@]5(C)CC[C@@H](C(C)(C)O)O5)[C@@H](O)C[C@@]24C)C[C@@]32CC[C@H](OC(=O)C(N)C(C)C)C(C)(C)[C@H]12. The third-order valence-electron chi connectivity index (χ3n) is 16.2. The van der Waals surface area contributed by atoms with Gasteiger partial charge in [-0.25, -0.2) is 0 Å². The summed E-state index contributed by atoms with van der Waals surface area (Å²) < 4.78 is 19.6. The zero-order chi connectivity index (χ0) is 36.5. The quantitative estimate of drug-likeness (QED) is 0.242. The van der Waals surface area contributed by atoms with Gasteiger partial charge in [-0.05, 0) is 118 Å². The van der Waals surface area contributed by atoms with Gasteiger partial charge in [-0.2, -0.15) is 0 Å². The molecule has 6 N–H and O–H groups in total. The second-order valence-corrected chi connectivity index (χ2v) is 20.3. The topological polar surface area (TPSA) is 154 Å². The fourth-order valence-electron chi connectivity index (χ4n) is 13.4. The Labute approximate surface area is 295 Å². The summed E-state index contributed by atoms with van der Waals surface area (Å²) >= 11 is 0. The van der Waals surface area contributed by atoms with E-state index in [1.165, 1.54) is 0 Å². The van der Waals surface area contributed by atoms with Crippen molar-refractivity contribution in [2.75, 3.05) is 0 Å². The van der Waals surface area contributed by atoms with E-state index < -0.39 is 34.8 Å². The van der Waals surface area contributed by atoms with Crippen LogP contribution in [0.15, 0.2) is 0 Å². The molecule has 14 atom stereocenters. The Morgan fingerprint density at radius 1 is 0.816 bits per heavy atom. The Bertz CT molecular complexity index is 1330. The van der Waals surface area contributed by atoms with Gasteiger partial charge < -0.3 is 35.9 Å². The van der Waals surface area contributed by atoms with Crippen molar-refractivity contribution in [2.45, 2.75) is 182 Å². The lowest BCUT2D eigenvalue weighted by atomic mass is 9.41. The molecule has 49 heavy (non-hydrogen) atoms. The molecule has 9 nitrogen and oxygen atoms in total. The van der Waals surface area contributed by atoms with Gasteiger partial charge in [-0.15, -0.1) is 0 Å². The van der Waals surface area contributed by atoms with Crippen LogP contribution in [0.1, 0.15) is 134 Å². The summed E-state index contributed by atoms with van der Waals surface area (Å²) in [7, 11) is 0. The molecule has 0 aromatic rings. The van der Waals surface area contributed by atoms with E-state index in [9.17, 15) is 19.8 Å². The van der Waals surface area contributed by atoms with Crippen LogP contribution in [0.25, 0.3) is 0 Å². The zero-order valence-electron chi connectivity index (χ0n) is 32.3. The monoisotopic (exact) mass is 689 g/mol. The zero-order valence-corrected chi connectivity index (χ0v) is 32.3. The van der Waals surface area contributed by atoms with Crippen LogP contribution in [0.3, 0.4) is 0 Å². The van der Waals surface area contributed by atoms with Gasteiger partial charge in [0.1, 0.15) is 24.3 Å². The third-order valence-corrected chi connectivity index (χ3v) is 16.2. The Hall–Kier alpha value is -1.26. The van der Waals surface area contributed by atoms with Crippen LogP contribution in [-0.4, -0.2) is 69.9 Å². The molecule has 0 aromatic heterocycles. The highest BCUT2D eigenvalue weighted by Gasteiger charge is 2.85. The standard InChI is InChI=1S/C40H68N2O7/c1-21(2)28(41)32(44)47-24-18-25-37(10)19-23(43)30(38(11)14-12-27(49-38)35(7,8)46)36(37,9)16-17-39(25)20-40(39)15-13-26(34(5,6)31(24)40)48-33(45)29(42)22(3)4/h21-31,43,46H,12-20,41-42H2,1-11H3/t23-,24-,25?,26-,27-,28?,29?,30-,31-,36+,37-,38+,39?,40+/m0/s1. The summed E-state index contributed by atoms with van der Waals surface area (Å²) in [4.78, 5) is 26.9. The van der Waals surface area contributed by atoms with Crippen molar-refractivity contribution in [3.05, 3.63) is 0 Å². The summed E-state index contributed by atoms with van der Waals surface area (Å²) in [5.41, 5.74) is 10.3. The maximum absolute atomic E-state index is 13.7. The van der Waals surface area contributed by atoms with Gasteiger partial charge in [-0.3, -0.25) is 9.59 Å². The first-order chi connectivity index (χ1) is 22.4. The molecule has 5 aliphatic carbocycles. The van der Waals surface area contributed by atoms with Crippen LogP contribution >= 0.6 is 0 Å². The molecular formula is C40H68N2O7. The Morgan fingerprint density at radius 2 is 1.41 bits per heavy atom. The van der Waals surface area contributed by atoms with E-state index in [2.05, 4.69) is 34.6 Å². The lowest BCUT2D eigenvalue weighted by molar-refractivity contribution is -0.226. The minimum atomic E-state index is -0.950. The Morgan fingerprint density at radius 3 is 1.96 bits per heavy atom. The molecule has 0 amide bonds. The largest absolute Gasteiger partial charge is 0.461 e. The molecule has 5 saturated carbocycles. The first-order valence-corrected chi connectivity index (χ1v) is 19.4. The van der Waals surface area contributed by atoms with Crippen LogP contribution < -0.4 is 11.5 Å². The van der Waals surface area contributed by atoms with Gasteiger partial charge in [0.25, 0.3) is 0 Å². The van der Waals surface area contributed by atoms with E-state index in [0.29, 0.717) is 12.8 Å². The molecule has 1 heterocycles. The number of fused-ring (bicyclic) bond motifs is 2. The molecule has 280 valence electrons. The summed E-state index contributed by atoms with van der Waals surface area (Å²) in [6.45, 7) is 22.8. The second-order valence-electron chi connectivity index (χ2n) is 20.3. The fraction of sp³-hybridized carbons (Fsp3) is 0.950. The smallest absolute Gasteiger partial charge is 0.323 e. The minimum Gasteiger partial charge on any atom is -0.461 e. The summed E-state index contributed by atoms with van der Waals surface area (Å²) in [5.74, 6) is -0.648. The predicted octanol–water partition coefficient (Wildman–Crippen LogP) is 5.51. The lowest BCUT2D eigenvalue weighted by Gasteiger charge is -2.64. The molecule has 6 rings (SSSR count). The van der Waals surface area contributed by atoms with Crippen molar-refractivity contribution in [3.63, 3.8) is 0 Å². The minimum absolute atomic E-state index is 0.000284. The van der Waals surface area contributed by atoms with Gasteiger partial charge in [-0.1, -0.05) is 55.4 Å². The molecule has 0 radical (unpaired) electrons. The molecule has 0 bridgehead atoms. The molecule has 9 heteroatoms. The van der Waals surface area contributed by atoms with E-state index >= 15 is 0 Å². The Kier molecular flexibility index (Phi) is 8.89. The Balaban J connectivity index is 1.37. The molecule has 4 unspecified atom stereocenters. The molecule has 2 spiro atoms. The molecule has 6 aliphatic rings. The van der Waals surface area contributed by atoms with Gasteiger partial charge in [0.15, 0.2) is 0 Å². The summed E-state index contributed by atoms with van der Waals surface area (Å²) in [6.07, 6.45) is 6.20. The van der Waals surface area contributed by atoms with Gasteiger partial charge >= 0.3 is 11.9 Å². The number of ether oxygens (including phenoxy) is 3. The molecule has 1 aliphatic heterocycles. The van der Waals surface area contributed by atoms with E-state index in [0.717, 1.165) is 44.9 Å². The van der Waals surface area contributed by atoms with E-state index in [1.54, 1.807) is 0 Å². The number of nitrogens with two attached hydrogens (primary N) is 2. The fourth-order valence-corrected chi connectivity index (χ4v) is 13.4. The van der Waals surface area contributed by atoms with Crippen LogP contribution in [0, 0.1) is 56.7 Å². The van der Waals surface area contributed by atoms with Crippen molar-refractivity contribution in [3.8, 4) is 0 Å². The van der Waals surface area contributed by atoms with E-state index in [1.807, 2.05) is 41.5 Å². The van der Waals surface area contributed by atoms with Crippen LogP contribution in [0.5, 0.6) is 0 Å². The van der Waals surface area contributed by atoms with Crippen molar-refractivity contribution in [1.82, 2.24) is 0 Å². The molecule has 6 fully saturated rings. The normalized spacial score (nSPS) is 48.2. The average molecular weight is 689 g/mol. The highest BCUT2D eigenvalue weighted by atomic mass is 16.6. The highest BCUT2D eigenvalue weighted by molar-refractivity contribution is 5.76. The van der Waals surface area contributed by atoms with Crippen LogP contribution in [0.2, 0.25) is 0 Å². The molecule has 0 aromatic carbocycles. The van der Waals surface area contributed by atoms with Gasteiger partial charge in [0, 0.05) is 17.3 Å². The van der Waals surface area contributed by atoms with Crippen molar-refractivity contribution < 1.29 is 34.0 Å². The number of rotatable bonds is 8. The highest BCUT2D eigenvalue weighted by Crippen LogP contribution is 2.89. The van der Waals surface area contributed by atoms with Gasteiger partial charge in [0.05, 0.1) is 23.4 Å². The van der Waals surface area contributed by atoms with E-state index in [4.69, 9.17) is 25.7 Å². The first kappa shape index (κ1) is 37.5. The van der Waals surface area contributed by atoms with Crippen molar-refractivity contribution >= 4 is 11.9 Å². The van der Waals surface area contributed by atoms with Crippen molar-refractivity contribution in [2.24, 2.45) is 68.1 Å². The number of hydrogen-bond donors (Lipinski definition) is 4. The second kappa shape index (κ2) is 11.6. The maximum Gasteiger partial charge on any atom is 0.323 e. The van der Waals surface area contributed by atoms with Crippen molar-refractivity contribution in [1.29, 1.82) is 0 Å². The lowest BCUT2D eigenvalue weighted by Crippen LogP contribution is -2.63. The maximum atomic E-state index is 13.7. The average Bonchev–Trinajstić information content (AvgIpc) is 3.35. The number of aliphatic hydroxyl groups is 2. The number of carbonyl (C=O) groups excluding carboxylic acids is 2. The molecule has 1 saturated heterocycles. The number of esters is 2. The van der Waals surface area contributed by atoms with Gasteiger partial charge in [0.2, 0.25) is 0 Å². The number of carbonyl (C=O) groups is 2. The predicted molar refractivity (Wildman–Crippen MR) is 188 cm³/mol. The third kappa shape index (κ3) is 5.23. The van der Waals surface area contributed by atoms with Crippen LogP contribution in [-0.2, 0) is 23.8 Å². The molecular weight excluding hydrogens is 620 g/mol. The first-order valence-electron chi connectivity index (χ1n) is 19.4. The number of hydrogen-bond acceptors (Lipinski definition) is 9. The summed E-state index contributed by atoms with van der Waals surface area (Å²) in [6, 6.07) is -1.41. The van der Waals surface area contributed by atoms with E-state index in [-0.39, 0.29) is 81.5 Å². The van der Waals surface area contributed by atoms with Crippen LogP contribution in [0.4, 0.5) is 0 Å². The summed E-state index contributed by atoms with van der Waals surface area (Å²) in [5, 5.41) is 23.0.